The van der Waals surface area contributed by atoms with Crippen LogP contribution in [0.4, 0.5) is 0 Å². The maximum Gasteiger partial charge on any atom is 0.122 e. The van der Waals surface area contributed by atoms with Crippen LogP contribution in [0.1, 0.15) is 45.1 Å². The lowest BCUT2D eigenvalue weighted by molar-refractivity contribution is 0.327. The van der Waals surface area contributed by atoms with Crippen LogP contribution in [0.2, 0.25) is 5.02 Å². The van der Waals surface area contributed by atoms with Gasteiger partial charge in [0.2, 0.25) is 0 Å². The molecule has 2 nitrogen and oxygen atoms in total. The number of rotatable bonds is 6. The van der Waals surface area contributed by atoms with Crippen molar-refractivity contribution in [2.75, 3.05) is 6.61 Å². The molecule has 1 heterocycles. The highest BCUT2D eigenvalue weighted by Crippen LogP contribution is 2.39. The Morgan fingerprint density at radius 3 is 2.67 bits per heavy atom. The van der Waals surface area contributed by atoms with Crippen molar-refractivity contribution < 1.29 is 9.47 Å². The Morgan fingerprint density at radius 2 is 2.11 bits per heavy atom. The van der Waals surface area contributed by atoms with Gasteiger partial charge in [-0.3, -0.25) is 0 Å². The first-order valence-corrected chi connectivity index (χ1v) is 7.11. The van der Waals surface area contributed by atoms with Crippen molar-refractivity contribution in [2.24, 2.45) is 0 Å². The van der Waals surface area contributed by atoms with E-state index in [1.807, 2.05) is 25.1 Å². The molecule has 3 heteroatoms. The SMILES string of the molecule is CCOc1ccc(Cl)cc1C(CC)CC1OC1C. The van der Waals surface area contributed by atoms with Gasteiger partial charge in [-0.25, -0.2) is 0 Å². The van der Waals surface area contributed by atoms with Crippen molar-refractivity contribution in [3.63, 3.8) is 0 Å². The third-order valence-corrected chi connectivity index (χ3v) is 3.79. The third kappa shape index (κ3) is 3.18. The van der Waals surface area contributed by atoms with Gasteiger partial charge in [-0.15, -0.1) is 0 Å². The largest absolute Gasteiger partial charge is 0.494 e. The van der Waals surface area contributed by atoms with Crippen LogP contribution < -0.4 is 4.74 Å². The van der Waals surface area contributed by atoms with Gasteiger partial charge in [0.05, 0.1) is 18.8 Å². The summed E-state index contributed by atoms with van der Waals surface area (Å²) >= 11 is 6.11. The average Bonchev–Trinajstić information content (AvgIpc) is 3.05. The standard InChI is InChI=1S/C15H21ClO2/c1-4-11(8-15-10(3)18-15)13-9-12(16)6-7-14(13)17-5-2/h6-7,9-11,15H,4-5,8H2,1-3H3. The topological polar surface area (TPSA) is 21.8 Å². The number of hydrogen-bond donors (Lipinski definition) is 0. The molecule has 0 amide bonds. The predicted molar refractivity (Wildman–Crippen MR) is 74.6 cm³/mol. The summed E-state index contributed by atoms with van der Waals surface area (Å²) < 4.78 is 11.2. The summed E-state index contributed by atoms with van der Waals surface area (Å²) in [6.45, 7) is 7.01. The summed E-state index contributed by atoms with van der Waals surface area (Å²) in [4.78, 5) is 0. The van der Waals surface area contributed by atoms with E-state index in [4.69, 9.17) is 21.1 Å². The third-order valence-electron chi connectivity index (χ3n) is 3.56. The zero-order chi connectivity index (χ0) is 13.1. The summed E-state index contributed by atoms with van der Waals surface area (Å²) in [5.74, 6) is 1.42. The molecule has 0 aliphatic carbocycles. The van der Waals surface area contributed by atoms with Crippen LogP contribution in [0.3, 0.4) is 0 Å². The zero-order valence-electron chi connectivity index (χ0n) is 11.3. The van der Waals surface area contributed by atoms with E-state index < -0.39 is 0 Å². The smallest absolute Gasteiger partial charge is 0.122 e. The van der Waals surface area contributed by atoms with Gasteiger partial charge in [-0.1, -0.05) is 18.5 Å². The molecule has 0 spiro atoms. The molecule has 0 N–H and O–H groups in total. The molecule has 0 aromatic heterocycles. The Morgan fingerprint density at radius 1 is 1.39 bits per heavy atom. The molecular formula is C15H21ClO2. The summed E-state index contributed by atoms with van der Waals surface area (Å²) in [7, 11) is 0. The van der Waals surface area contributed by atoms with E-state index in [0.29, 0.717) is 24.7 Å². The van der Waals surface area contributed by atoms with Gasteiger partial charge in [-0.05, 0) is 56.4 Å². The number of ether oxygens (including phenoxy) is 2. The Bertz CT molecular complexity index is 405. The minimum atomic E-state index is 0.406. The number of halogens is 1. The molecule has 1 aromatic rings. The van der Waals surface area contributed by atoms with Crippen LogP contribution in [-0.4, -0.2) is 18.8 Å². The lowest BCUT2D eigenvalue weighted by Crippen LogP contribution is -2.06. The molecule has 1 aliphatic rings. The lowest BCUT2D eigenvalue weighted by Gasteiger charge is -2.18. The van der Waals surface area contributed by atoms with Crippen molar-refractivity contribution in [3.8, 4) is 5.75 Å². The molecule has 3 unspecified atom stereocenters. The van der Waals surface area contributed by atoms with Crippen LogP contribution in [0, 0.1) is 0 Å². The van der Waals surface area contributed by atoms with Gasteiger partial charge in [0.25, 0.3) is 0 Å². The molecular weight excluding hydrogens is 248 g/mol. The average molecular weight is 269 g/mol. The monoisotopic (exact) mass is 268 g/mol. The zero-order valence-corrected chi connectivity index (χ0v) is 12.0. The molecule has 18 heavy (non-hydrogen) atoms. The first-order chi connectivity index (χ1) is 8.65. The highest BCUT2D eigenvalue weighted by atomic mass is 35.5. The molecule has 1 fully saturated rings. The normalized spacial score (nSPS) is 23.8. The number of epoxide rings is 1. The Hall–Kier alpha value is -0.730. The maximum absolute atomic E-state index is 6.11. The Kier molecular flexibility index (Phi) is 4.52. The molecule has 0 radical (unpaired) electrons. The Balaban J connectivity index is 2.19. The van der Waals surface area contributed by atoms with Gasteiger partial charge >= 0.3 is 0 Å². The van der Waals surface area contributed by atoms with Gasteiger partial charge < -0.3 is 9.47 Å². The number of benzene rings is 1. The van der Waals surface area contributed by atoms with E-state index in [9.17, 15) is 0 Å². The number of hydrogen-bond acceptors (Lipinski definition) is 2. The van der Waals surface area contributed by atoms with Crippen molar-refractivity contribution in [3.05, 3.63) is 28.8 Å². The highest BCUT2D eigenvalue weighted by Gasteiger charge is 2.36. The van der Waals surface area contributed by atoms with Crippen molar-refractivity contribution >= 4 is 11.6 Å². The van der Waals surface area contributed by atoms with Gasteiger partial charge in [-0.2, -0.15) is 0 Å². The summed E-state index contributed by atoms with van der Waals surface area (Å²) in [5.41, 5.74) is 1.22. The van der Waals surface area contributed by atoms with E-state index in [1.165, 1.54) is 5.56 Å². The maximum atomic E-state index is 6.11. The second-order valence-electron chi connectivity index (χ2n) is 4.84. The van der Waals surface area contributed by atoms with E-state index in [1.54, 1.807) is 0 Å². The first kappa shape index (κ1) is 13.7. The van der Waals surface area contributed by atoms with Gasteiger partial charge in [0, 0.05) is 5.02 Å². The lowest BCUT2D eigenvalue weighted by atomic mass is 9.90. The predicted octanol–water partition coefficient (Wildman–Crippen LogP) is 4.41. The van der Waals surface area contributed by atoms with Gasteiger partial charge in [0.15, 0.2) is 0 Å². The molecule has 3 atom stereocenters. The molecule has 2 rings (SSSR count). The fourth-order valence-electron chi connectivity index (χ4n) is 2.40. The van der Waals surface area contributed by atoms with E-state index in [0.717, 1.165) is 23.6 Å². The minimum Gasteiger partial charge on any atom is -0.494 e. The Labute approximate surface area is 114 Å². The van der Waals surface area contributed by atoms with E-state index in [-0.39, 0.29) is 0 Å². The molecule has 0 bridgehead atoms. The molecule has 0 saturated carbocycles. The first-order valence-electron chi connectivity index (χ1n) is 6.73. The van der Waals surface area contributed by atoms with Crippen molar-refractivity contribution in [1.29, 1.82) is 0 Å². The van der Waals surface area contributed by atoms with Crippen molar-refractivity contribution in [2.45, 2.75) is 51.7 Å². The minimum absolute atomic E-state index is 0.406. The summed E-state index contributed by atoms with van der Waals surface area (Å²) in [6.07, 6.45) is 2.95. The quantitative estimate of drug-likeness (QED) is 0.713. The van der Waals surface area contributed by atoms with Crippen LogP contribution in [0.25, 0.3) is 0 Å². The fourth-order valence-corrected chi connectivity index (χ4v) is 2.58. The molecule has 100 valence electrons. The van der Waals surface area contributed by atoms with Crippen LogP contribution in [0.15, 0.2) is 18.2 Å². The van der Waals surface area contributed by atoms with Crippen LogP contribution in [0.5, 0.6) is 5.75 Å². The highest BCUT2D eigenvalue weighted by molar-refractivity contribution is 6.30. The second kappa shape index (κ2) is 5.94. The van der Waals surface area contributed by atoms with Gasteiger partial charge in [0.1, 0.15) is 5.75 Å². The van der Waals surface area contributed by atoms with Crippen LogP contribution >= 0.6 is 11.6 Å². The molecule has 1 saturated heterocycles. The summed E-state index contributed by atoms with van der Waals surface area (Å²) in [5, 5.41) is 0.775. The molecule has 1 aromatic carbocycles. The summed E-state index contributed by atoms with van der Waals surface area (Å²) in [6, 6.07) is 5.90. The second-order valence-corrected chi connectivity index (χ2v) is 5.27. The molecule has 1 aliphatic heterocycles. The van der Waals surface area contributed by atoms with E-state index in [2.05, 4.69) is 13.8 Å². The van der Waals surface area contributed by atoms with Crippen LogP contribution in [-0.2, 0) is 4.74 Å². The fraction of sp³-hybridized carbons (Fsp3) is 0.600. The van der Waals surface area contributed by atoms with E-state index >= 15 is 0 Å². The van der Waals surface area contributed by atoms with Crippen molar-refractivity contribution in [1.82, 2.24) is 0 Å².